The molecule has 4 heteroatoms. The van der Waals surface area contributed by atoms with Gasteiger partial charge in [0.1, 0.15) is 11.0 Å². The molecule has 1 aromatic rings. The summed E-state index contributed by atoms with van der Waals surface area (Å²) in [6.07, 6.45) is 4.93. The highest BCUT2D eigenvalue weighted by atomic mass is 35.5. The number of rotatable bonds is 3. The minimum atomic E-state index is -0.329. The van der Waals surface area contributed by atoms with Crippen LogP contribution in [0, 0.1) is 19.3 Å². The topological polar surface area (TPSA) is 35.0 Å². The molecule has 3 nitrogen and oxygen atoms in total. The van der Waals surface area contributed by atoms with Gasteiger partial charge in [-0.25, -0.2) is 4.98 Å². The quantitative estimate of drug-likeness (QED) is 0.600. The second-order valence-corrected chi connectivity index (χ2v) is 4.24. The van der Waals surface area contributed by atoms with Gasteiger partial charge in [-0.15, -0.1) is 6.42 Å². The third-order valence-electron chi connectivity index (χ3n) is 2.10. The van der Waals surface area contributed by atoms with E-state index in [9.17, 15) is 0 Å². The van der Waals surface area contributed by atoms with Crippen LogP contribution in [0.25, 0.3) is 0 Å². The van der Waals surface area contributed by atoms with Crippen molar-refractivity contribution in [3.05, 3.63) is 16.5 Å². The van der Waals surface area contributed by atoms with Crippen molar-refractivity contribution in [1.82, 2.24) is 9.97 Å². The molecule has 1 unspecified atom stereocenters. The van der Waals surface area contributed by atoms with Crippen LogP contribution in [0.3, 0.4) is 0 Å². The number of ether oxygens (including phenoxy) is 1. The highest BCUT2D eigenvalue weighted by molar-refractivity contribution is 6.30. The van der Waals surface area contributed by atoms with Crippen molar-refractivity contribution in [3.63, 3.8) is 0 Å². The molecule has 1 heterocycles. The van der Waals surface area contributed by atoms with Gasteiger partial charge in [-0.1, -0.05) is 31.4 Å². The fourth-order valence-electron chi connectivity index (χ4n) is 1.06. The van der Waals surface area contributed by atoms with Crippen LogP contribution in [0.15, 0.2) is 0 Å². The van der Waals surface area contributed by atoms with Crippen molar-refractivity contribution in [2.45, 2.75) is 39.7 Å². The third kappa shape index (κ3) is 2.86. The molecule has 0 aromatic carbocycles. The van der Waals surface area contributed by atoms with Crippen molar-refractivity contribution in [2.24, 2.45) is 0 Å². The Labute approximate surface area is 101 Å². The maximum Gasteiger partial charge on any atom is 0.222 e. The van der Waals surface area contributed by atoms with E-state index in [0.717, 1.165) is 0 Å². The molecule has 0 N–H and O–H groups in total. The van der Waals surface area contributed by atoms with Gasteiger partial charge in [-0.05, 0) is 13.8 Å². The molecule has 0 amide bonds. The molecule has 0 aliphatic carbocycles. The second-order valence-electron chi connectivity index (χ2n) is 3.88. The van der Waals surface area contributed by atoms with E-state index in [2.05, 4.69) is 15.9 Å². The van der Waals surface area contributed by atoms with E-state index < -0.39 is 0 Å². The first-order chi connectivity index (χ1) is 7.45. The molecule has 0 spiro atoms. The Hall–Kier alpha value is -1.27. The van der Waals surface area contributed by atoms with Crippen molar-refractivity contribution < 1.29 is 4.74 Å². The molecular formula is C12H15ClN2O. The fourth-order valence-corrected chi connectivity index (χ4v) is 1.23. The molecule has 16 heavy (non-hydrogen) atoms. The summed E-state index contributed by atoms with van der Waals surface area (Å²) in [5.41, 5.74) is 0.716. The molecule has 1 rings (SSSR count). The van der Waals surface area contributed by atoms with E-state index in [-0.39, 0.29) is 12.0 Å². The standard InChI is InChI=1S/C12H15ClN2O/c1-6-8(4)16-12-9(5)10(13)14-11(15-12)7(2)3/h1,7-8H,2-5H3. The molecule has 0 bridgehead atoms. The van der Waals surface area contributed by atoms with Gasteiger partial charge in [-0.3, -0.25) is 0 Å². The minimum absolute atomic E-state index is 0.196. The summed E-state index contributed by atoms with van der Waals surface area (Å²) < 4.78 is 5.49. The molecule has 0 saturated heterocycles. The van der Waals surface area contributed by atoms with Crippen LogP contribution in [-0.2, 0) is 0 Å². The van der Waals surface area contributed by atoms with E-state index in [4.69, 9.17) is 22.8 Å². The van der Waals surface area contributed by atoms with E-state index in [1.54, 1.807) is 6.92 Å². The zero-order valence-corrected chi connectivity index (χ0v) is 10.7. The summed E-state index contributed by atoms with van der Waals surface area (Å²) in [6, 6.07) is 0. The molecular weight excluding hydrogens is 224 g/mol. The van der Waals surface area contributed by atoms with Crippen LogP contribution in [0.4, 0.5) is 0 Å². The van der Waals surface area contributed by atoms with Crippen LogP contribution < -0.4 is 4.74 Å². The van der Waals surface area contributed by atoms with Crippen LogP contribution in [0.1, 0.15) is 38.1 Å². The van der Waals surface area contributed by atoms with E-state index in [1.165, 1.54) is 0 Å². The SMILES string of the molecule is C#CC(C)Oc1nc(C(C)C)nc(Cl)c1C. The largest absolute Gasteiger partial charge is 0.461 e. The normalized spacial score (nSPS) is 12.3. The first-order valence-corrected chi connectivity index (χ1v) is 5.50. The Bertz CT molecular complexity index is 424. The Morgan fingerprint density at radius 1 is 1.31 bits per heavy atom. The average molecular weight is 239 g/mol. The van der Waals surface area contributed by atoms with Gasteiger partial charge in [0.15, 0.2) is 6.10 Å². The summed E-state index contributed by atoms with van der Waals surface area (Å²) >= 11 is 6.01. The predicted octanol–water partition coefficient (Wildman–Crippen LogP) is 2.96. The fraction of sp³-hybridized carbons (Fsp3) is 0.500. The van der Waals surface area contributed by atoms with E-state index in [1.807, 2.05) is 20.8 Å². The number of nitrogens with zero attached hydrogens (tertiary/aromatic N) is 2. The zero-order valence-electron chi connectivity index (χ0n) is 9.91. The van der Waals surface area contributed by atoms with Gasteiger partial charge in [-0.2, -0.15) is 4.98 Å². The molecule has 1 aromatic heterocycles. The van der Waals surface area contributed by atoms with Gasteiger partial charge >= 0.3 is 0 Å². The minimum Gasteiger partial charge on any atom is -0.461 e. The van der Waals surface area contributed by atoms with Gasteiger partial charge < -0.3 is 4.74 Å². The first-order valence-electron chi connectivity index (χ1n) is 5.12. The zero-order chi connectivity index (χ0) is 12.3. The lowest BCUT2D eigenvalue weighted by Crippen LogP contribution is -2.12. The Balaban J connectivity index is 3.12. The summed E-state index contributed by atoms with van der Waals surface area (Å²) in [7, 11) is 0. The Morgan fingerprint density at radius 3 is 2.44 bits per heavy atom. The first kappa shape index (κ1) is 12.8. The number of aromatic nitrogens is 2. The van der Waals surface area contributed by atoms with Crippen LogP contribution in [0.5, 0.6) is 5.88 Å². The summed E-state index contributed by atoms with van der Waals surface area (Å²) in [4.78, 5) is 8.50. The molecule has 0 aliphatic rings. The number of halogens is 1. The van der Waals surface area contributed by atoms with E-state index >= 15 is 0 Å². The van der Waals surface area contributed by atoms with Gasteiger partial charge in [0.2, 0.25) is 5.88 Å². The molecule has 0 aliphatic heterocycles. The highest BCUT2D eigenvalue weighted by Gasteiger charge is 2.14. The monoisotopic (exact) mass is 238 g/mol. The number of hydrogen-bond donors (Lipinski definition) is 0. The van der Waals surface area contributed by atoms with Gasteiger partial charge in [0.05, 0.1) is 0 Å². The van der Waals surface area contributed by atoms with Gasteiger partial charge in [0.25, 0.3) is 0 Å². The third-order valence-corrected chi connectivity index (χ3v) is 2.47. The lowest BCUT2D eigenvalue weighted by molar-refractivity contribution is 0.264. The van der Waals surface area contributed by atoms with Gasteiger partial charge in [0, 0.05) is 11.5 Å². The van der Waals surface area contributed by atoms with Crippen molar-refractivity contribution >= 4 is 11.6 Å². The summed E-state index contributed by atoms with van der Waals surface area (Å²) in [5, 5.41) is 0.415. The lowest BCUT2D eigenvalue weighted by Gasteiger charge is -2.13. The molecule has 1 atom stereocenters. The van der Waals surface area contributed by atoms with E-state index in [0.29, 0.717) is 22.4 Å². The number of terminal acetylenes is 1. The Morgan fingerprint density at radius 2 is 1.94 bits per heavy atom. The Kier molecular flexibility index (Phi) is 4.14. The smallest absolute Gasteiger partial charge is 0.222 e. The summed E-state index contributed by atoms with van der Waals surface area (Å²) in [6.45, 7) is 7.58. The molecule has 0 radical (unpaired) electrons. The molecule has 0 saturated carbocycles. The number of hydrogen-bond acceptors (Lipinski definition) is 3. The second kappa shape index (κ2) is 5.18. The van der Waals surface area contributed by atoms with Crippen molar-refractivity contribution in [1.29, 1.82) is 0 Å². The average Bonchev–Trinajstić information content (AvgIpc) is 2.23. The van der Waals surface area contributed by atoms with Crippen LogP contribution in [0.2, 0.25) is 5.15 Å². The van der Waals surface area contributed by atoms with Crippen molar-refractivity contribution in [2.75, 3.05) is 0 Å². The maximum absolute atomic E-state index is 6.01. The molecule has 0 fully saturated rings. The molecule has 86 valence electrons. The van der Waals surface area contributed by atoms with Crippen LogP contribution in [-0.4, -0.2) is 16.1 Å². The summed E-state index contributed by atoms with van der Waals surface area (Å²) in [5.74, 6) is 3.81. The lowest BCUT2D eigenvalue weighted by atomic mass is 10.2. The predicted molar refractivity (Wildman–Crippen MR) is 64.8 cm³/mol. The van der Waals surface area contributed by atoms with Crippen molar-refractivity contribution in [3.8, 4) is 18.2 Å². The highest BCUT2D eigenvalue weighted by Crippen LogP contribution is 2.25. The maximum atomic E-state index is 6.01. The van der Waals surface area contributed by atoms with Crippen LogP contribution >= 0.6 is 11.6 Å².